The minimum Gasteiger partial charge on any atom is -0.496 e. The van der Waals surface area contributed by atoms with Crippen LogP contribution in [-0.4, -0.2) is 18.0 Å². The molecule has 21 heavy (non-hydrogen) atoms. The maximum absolute atomic E-state index is 12.2. The molecule has 1 aromatic heterocycles. The largest absolute Gasteiger partial charge is 0.496 e. The van der Waals surface area contributed by atoms with Crippen LogP contribution in [0.5, 0.6) is 5.75 Å². The van der Waals surface area contributed by atoms with E-state index in [0.29, 0.717) is 0 Å². The first kappa shape index (κ1) is 15.0. The number of amides is 1. The summed E-state index contributed by atoms with van der Waals surface area (Å²) in [6.45, 7) is 5.95. The number of benzene rings is 1. The molecule has 1 heterocycles. The van der Waals surface area contributed by atoms with E-state index in [-0.39, 0.29) is 12.3 Å². The summed E-state index contributed by atoms with van der Waals surface area (Å²) in [5, 5.41) is 2.88. The Labute approximate surface area is 125 Å². The van der Waals surface area contributed by atoms with Crippen molar-refractivity contribution in [3.63, 3.8) is 0 Å². The maximum atomic E-state index is 12.2. The quantitative estimate of drug-likeness (QED) is 0.938. The molecule has 0 saturated carbocycles. The Hall–Kier alpha value is -2.36. The van der Waals surface area contributed by atoms with Gasteiger partial charge in [0.15, 0.2) is 0 Å². The highest BCUT2D eigenvalue weighted by molar-refractivity contribution is 5.92. The highest BCUT2D eigenvalue weighted by Gasteiger charge is 2.11. The molecule has 0 aliphatic carbocycles. The third kappa shape index (κ3) is 3.81. The third-order valence-electron chi connectivity index (χ3n) is 3.43. The number of hydrogen-bond acceptors (Lipinski definition) is 3. The van der Waals surface area contributed by atoms with Crippen LogP contribution in [0.1, 0.15) is 22.4 Å². The van der Waals surface area contributed by atoms with E-state index in [4.69, 9.17) is 4.74 Å². The van der Waals surface area contributed by atoms with E-state index in [1.165, 1.54) is 0 Å². The average Bonchev–Trinajstić information content (AvgIpc) is 2.42. The topological polar surface area (TPSA) is 51.2 Å². The molecule has 0 saturated heterocycles. The summed E-state index contributed by atoms with van der Waals surface area (Å²) in [6, 6.07) is 7.60. The van der Waals surface area contributed by atoms with Crippen molar-refractivity contribution in [3.8, 4) is 5.75 Å². The molecule has 0 fully saturated rings. The molecule has 2 aromatic rings. The van der Waals surface area contributed by atoms with Crippen molar-refractivity contribution in [3.05, 3.63) is 52.8 Å². The molecule has 1 amide bonds. The number of pyridine rings is 1. The molecule has 0 aliphatic heterocycles. The second kappa shape index (κ2) is 6.39. The van der Waals surface area contributed by atoms with Crippen LogP contribution < -0.4 is 10.1 Å². The molecule has 0 radical (unpaired) electrons. The van der Waals surface area contributed by atoms with Gasteiger partial charge in [-0.2, -0.15) is 0 Å². The fraction of sp³-hybridized carbons (Fsp3) is 0.294. The second-order valence-corrected chi connectivity index (χ2v) is 5.16. The van der Waals surface area contributed by atoms with E-state index in [9.17, 15) is 4.79 Å². The number of rotatable bonds is 4. The van der Waals surface area contributed by atoms with Crippen molar-refractivity contribution >= 4 is 11.6 Å². The summed E-state index contributed by atoms with van der Waals surface area (Å²) in [7, 11) is 1.62. The Morgan fingerprint density at radius 3 is 2.57 bits per heavy atom. The Bertz CT molecular complexity index is 666. The fourth-order valence-electron chi connectivity index (χ4n) is 2.18. The van der Waals surface area contributed by atoms with Gasteiger partial charge in [0.1, 0.15) is 5.75 Å². The summed E-state index contributed by atoms with van der Waals surface area (Å²) < 4.78 is 5.36. The van der Waals surface area contributed by atoms with Crippen LogP contribution in [0.2, 0.25) is 0 Å². The number of aryl methyl sites for hydroxylation is 3. The van der Waals surface area contributed by atoms with E-state index in [0.717, 1.165) is 33.8 Å². The molecular formula is C17H20N2O2. The molecule has 1 aromatic carbocycles. The smallest absolute Gasteiger partial charge is 0.228 e. The number of aromatic nitrogens is 1. The van der Waals surface area contributed by atoms with Crippen molar-refractivity contribution in [2.24, 2.45) is 0 Å². The normalized spacial score (nSPS) is 10.3. The standard InChI is InChI=1S/C17H20N2O2/c1-11-7-14(16(21-4)8-12(11)2)10-17(20)19-15-5-6-18-13(3)9-15/h5-9H,10H2,1-4H3,(H,18,19,20). The Morgan fingerprint density at radius 2 is 1.90 bits per heavy atom. The van der Waals surface area contributed by atoms with Gasteiger partial charge < -0.3 is 10.1 Å². The van der Waals surface area contributed by atoms with Crippen molar-refractivity contribution in [2.45, 2.75) is 27.2 Å². The monoisotopic (exact) mass is 284 g/mol. The van der Waals surface area contributed by atoms with E-state index in [1.54, 1.807) is 19.4 Å². The highest BCUT2D eigenvalue weighted by Crippen LogP contribution is 2.23. The minimum absolute atomic E-state index is 0.0675. The van der Waals surface area contributed by atoms with Crippen LogP contribution in [0, 0.1) is 20.8 Å². The lowest BCUT2D eigenvalue weighted by Gasteiger charge is -2.12. The molecule has 0 aliphatic rings. The molecule has 1 N–H and O–H groups in total. The summed E-state index contributed by atoms with van der Waals surface area (Å²) in [4.78, 5) is 16.3. The summed E-state index contributed by atoms with van der Waals surface area (Å²) >= 11 is 0. The first-order valence-corrected chi connectivity index (χ1v) is 6.86. The molecule has 0 bridgehead atoms. The van der Waals surface area contributed by atoms with E-state index < -0.39 is 0 Å². The van der Waals surface area contributed by atoms with Crippen LogP contribution in [0.4, 0.5) is 5.69 Å². The Morgan fingerprint density at radius 1 is 1.19 bits per heavy atom. The number of carbonyl (C=O) groups excluding carboxylic acids is 1. The number of hydrogen-bond donors (Lipinski definition) is 1. The number of ether oxygens (including phenoxy) is 1. The average molecular weight is 284 g/mol. The second-order valence-electron chi connectivity index (χ2n) is 5.16. The lowest BCUT2D eigenvalue weighted by molar-refractivity contribution is -0.115. The van der Waals surface area contributed by atoms with Crippen molar-refractivity contribution in [1.82, 2.24) is 4.98 Å². The minimum atomic E-state index is -0.0675. The van der Waals surface area contributed by atoms with Gasteiger partial charge >= 0.3 is 0 Å². The van der Waals surface area contributed by atoms with Crippen LogP contribution in [0.15, 0.2) is 30.5 Å². The summed E-state index contributed by atoms with van der Waals surface area (Å²) in [5.41, 5.74) is 4.83. The molecule has 4 nitrogen and oxygen atoms in total. The van der Waals surface area contributed by atoms with Gasteiger partial charge in [-0.1, -0.05) is 6.07 Å². The third-order valence-corrected chi connectivity index (χ3v) is 3.43. The van der Waals surface area contributed by atoms with Gasteiger partial charge in [-0.3, -0.25) is 9.78 Å². The van der Waals surface area contributed by atoms with Gasteiger partial charge in [-0.25, -0.2) is 0 Å². The number of methoxy groups -OCH3 is 1. The first-order valence-electron chi connectivity index (χ1n) is 6.86. The lowest BCUT2D eigenvalue weighted by Crippen LogP contribution is -2.15. The lowest BCUT2D eigenvalue weighted by atomic mass is 10.0. The fourth-order valence-corrected chi connectivity index (χ4v) is 2.18. The van der Waals surface area contributed by atoms with Gasteiger partial charge in [0.25, 0.3) is 0 Å². The van der Waals surface area contributed by atoms with E-state index in [1.807, 2.05) is 39.0 Å². The zero-order valence-electron chi connectivity index (χ0n) is 12.9. The van der Waals surface area contributed by atoms with Crippen molar-refractivity contribution in [2.75, 3.05) is 12.4 Å². The number of nitrogens with zero attached hydrogens (tertiary/aromatic N) is 1. The van der Waals surface area contributed by atoms with Gasteiger partial charge in [0.05, 0.1) is 13.5 Å². The maximum Gasteiger partial charge on any atom is 0.228 e. The van der Waals surface area contributed by atoms with Crippen LogP contribution in [0.3, 0.4) is 0 Å². The predicted molar refractivity (Wildman–Crippen MR) is 83.8 cm³/mol. The number of nitrogens with one attached hydrogen (secondary N) is 1. The molecule has 2 rings (SSSR count). The van der Waals surface area contributed by atoms with Gasteiger partial charge in [0.2, 0.25) is 5.91 Å². The molecule has 4 heteroatoms. The SMILES string of the molecule is COc1cc(C)c(C)cc1CC(=O)Nc1ccnc(C)c1. The van der Waals surface area contributed by atoms with E-state index >= 15 is 0 Å². The van der Waals surface area contributed by atoms with Crippen molar-refractivity contribution in [1.29, 1.82) is 0 Å². The van der Waals surface area contributed by atoms with Crippen molar-refractivity contribution < 1.29 is 9.53 Å². The van der Waals surface area contributed by atoms with Crippen LogP contribution in [0.25, 0.3) is 0 Å². The Kier molecular flexibility index (Phi) is 4.58. The predicted octanol–water partition coefficient (Wildman–Crippen LogP) is 3.20. The van der Waals surface area contributed by atoms with Gasteiger partial charge in [-0.15, -0.1) is 0 Å². The zero-order valence-corrected chi connectivity index (χ0v) is 12.9. The zero-order chi connectivity index (χ0) is 15.4. The highest BCUT2D eigenvalue weighted by atomic mass is 16.5. The number of anilines is 1. The molecule has 0 atom stereocenters. The van der Waals surface area contributed by atoms with E-state index in [2.05, 4.69) is 10.3 Å². The number of carbonyl (C=O) groups is 1. The summed E-state index contributed by atoms with van der Waals surface area (Å²) in [6.07, 6.45) is 1.97. The van der Waals surface area contributed by atoms with Crippen LogP contribution in [-0.2, 0) is 11.2 Å². The molecule has 110 valence electrons. The van der Waals surface area contributed by atoms with Crippen LogP contribution >= 0.6 is 0 Å². The van der Waals surface area contributed by atoms with Gasteiger partial charge in [0, 0.05) is 23.1 Å². The molecule has 0 spiro atoms. The summed E-state index contributed by atoms with van der Waals surface area (Å²) in [5.74, 6) is 0.682. The molecule has 0 unspecified atom stereocenters. The molecular weight excluding hydrogens is 264 g/mol. The van der Waals surface area contributed by atoms with Gasteiger partial charge in [-0.05, 0) is 50.1 Å². The Balaban J connectivity index is 2.14. The first-order chi connectivity index (χ1) is 9.99.